The lowest BCUT2D eigenvalue weighted by molar-refractivity contribution is -0.141. The summed E-state index contributed by atoms with van der Waals surface area (Å²) in [5, 5.41) is 21.4. The van der Waals surface area contributed by atoms with Gasteiger partial charge in [-0.05, 0) is 60.6 Å². The van der Waals surface area contributed by atoms with Crippen LogP contribution in [0.5, 0.6) is 0 Å². The summed E-state index contributed by atoms with van der Waals surface area (Å²) in [4.78, 5) is 31.7. The van der Waals surface area contributed by atoms with Crippen molar-refractivity contribution in [3.8, 4) is 11.5 Å². The molecule has 0 unspecified atom stereocenters. The van der Waals surface area contributed by atoms with Crippen molar-refractivity contribution in [3.63, 3.8) is 0 Å². The summed E-state index contributed by atoms with van der Waals surface area (Å²) in [6.45, 7) is 5.33. The maximum Gasteiger partial charge on any atom is 0.259 e. The quantitative estimate of drug-likeness (QED) is 0.547. The first kappa shape index (κ1) is 24.1. The molecule has 1 atom stereocenters. The Bertz CT molecular complexity index is 1320. The lowest BCUT2D eigenvalue weighted by Crippen LogP contribution is -2.42. The molecule has 0 saturated heterocycles. The highest BCUT2D eigenvalue weighted by atomic mass is 19.1. The number of hydrogen-bond acceptors (Lipinski definition) is 6. The predicted molar refractivity (Wildman–Crippen MR) is 131 cm³/mol. The van der Waals surface area contributed by atoms with E-state index in [1.54, 1.807) is 23.1 Å². The molecule has 2 amide bonds. The van der Waals surface area contributed by atoms with Gasteiger partial charge in [-0.3, -0.25) is 9.59 Å². The molecule has 9 nitrogen and oxygen atoms in total. The minimum Gasteiger partial charge on any atom is -0.383 e. The molecule has 5 rings (SSSR count). The Balaban J connectivity index is 1.33. The first-order valence-electron chi connectivity index (χ1n) is 12.3. The summed E-state index contributed by atoms with van der Waals surface area (Å²) < 4.78 is 16.9. The average Bonchev–Trinajstić information content (AvgIpc) is 3.47. The van der Waals surface area contributed by atoms with Crippen molar-refractivity contribution in [2.24, 2.45) is 5.92 Å². The van der Waals surface area contributed by atoms with E-state index in [1.807, 2.05) is 18.4 Å². The Morgan fingerprint density at radius 3 is 2.78 bits per heavy atom. The second-order valence-electron chi connectivity index (χ2n) is 9.81. The molecular formula is C26H29FN6O3. The van der Waals surface area contributed by atoms with Gasteiger partial charge in [0.2, 0.25) is 0 Å². The van der Waals surface area contributed by atoms with E-state index in [1.165, 1.54) is 12.1 Å². The highest BCUT2D eigenvalue weighted by Gasteiger charge is 2.28. The molecule has 4 heterocycles. The molecule has 0 radical (unpaired) electrons. The minimum atomic E-state index is -1.07. The highest BCUT2D eigenvalue weighted by Crippen LogP contribution is 2.26. The van der Waals surface area contributed by atoms with Crippen LogP contribution in [0.2, 0.25) is 0 Å². The van der Waals surface area contributed by atoms with Gasteiger partial charge in [0.25, 0.3) is 11.8 Å². The second-order valence-corrected chi connectivity index (χ2v) is 9.81. The van der Waals surface area contributed by atoms with E-state index in [9.17, 15) is 19.1 Å². The fourth-order valence-corrected chi connectivity index (χ4v) is 4.85. The number of pyridine rings is 1. The molecule has 2 aliphatic rings. The van der Waals surface area contributed by atoms with Gasteiger partial charge in [-0.1, -0.05) is 19.9 Å². The van der Waals surface area contributed by atoms with Gasteiger partial charge in [0.1, 0.15) is 29.3 Å². The van der Waals surface area contributed by atoms with Crippen molar-refractivity contribution in [1.82, 2.24) is 24.6 Å². The Morgan fingerprint density at radius 2 is 1.97 bits per heavy atom. The van der Waals surface area contributed by atoms with E-state index in [0.717, 1.165) is 30.8 Å². The zero-order chi connectivity index (χ0) is 25.4. The van der Waals surface area contributed by atoms with Crippen LogP contribution in [-0.4, -0.2) is 54.2 Å². The third-order valence-electron chi connectivity index (χ3n) is 6.67. The van der Waals surface area contributed by atoms with Crippen molar-refractivity contribution >= 4 is 17.6 Å². The Morgan fingerprint density at radius 1 is 1.14 bits per heavy atom. The highest BCUT2D eigenvalue weighted by molar-refractivity contribution is 6.04. The standard InChI is InChI=1S/C26H29FN6O3/c1-15(2)11-21(34)26(36)32-10-8-16-13-19(27)18(12-17(16)14-32)25(35)29-22-6-3-5-20(28-22)24-31-30-23-7-4-9-33(23)24/h3,5-6,12-13,15,21,34H,4,7-11,14H2,1-2H3,(H,28,29,35)/t21-/m0/s1. The van der Waals surface area contributed by atoms with Crippen LogP contribution >= 0.6 is 0 Å². The number of rotatable bonds is 6. The number of nitrogens with zero attached hydrogens (tertiary/aromatic N) is 5. The number of halogens is 1. The van der Waals surface area contributed by atoms with E-state index < -0.39 is 17.8 Å². The molecule has 0 fully saturated rings. The molecule has 2 N–H and O–H groups in total. The molecule has 10 heteroatoms. The number of fused-ring (bicyclic) bond motifs is 2. The molecule has 0 bridgehead atoms. The van der Waals surface area contributed by atoms with Crippen molar-refractivity contribution in [1.29, 1.82) is 0 Å². The fraction of sp³-hybridized carbons (Fsp3) is 0.423. The molecule has 3 aromatic rings. The van der Waals surface area contributed by atoms with Crippen LogP contribution in [0, 0.1) is 11.7 Å². The Labute approximate surface area is 208 Å². The third kappa shape index (κ3) is 4.73. The summed E-state index contributed by atoms with van der Waals surface area (Å²) in [7, 11) is 0. The molecular weight excluding hydrogens is 463 g/mol. The first-order valence-corrected chi connectivity index (χ1v) is 12.3. The number of amides is 2. The number of aliphatic hydroxyl groups is 1. The molecule has 2 aliphatic heterocycles. The van der Waals surface area contributed by atoms with E-state index in [2.05, 4.69) is 20.5 Å². The molecule has 0 saturated carbocycles. The van der Waals surface area contributed by atoms with Crippen LogP contribution in [0.25, 0.3) is 11.5 Å². The SMILES string of the molecule is CC(C)C[C@H](O)C(=O)N1CCc2cc(F)c(C(=O)Nc3cccc(-c4nnc5n4CCC5)n3)cc2C1. The van der Waals surface area contributed by atoms with E-state index in [-0.39, 0.29) is 29.8 Å². The summed E-state index contributed by atoms with van der Waals surface area (Å²) in [6.07, 6.45) is 1.65. The maximum atomic E-state index is 14.9. The number of aromatic nitrogens is 4. The van der Waals surface area contributed by atoms with Gasteiger partial charge >= 0.3 is 0 Å². The fourth-order valence-electron chi connectivity index (χ4n) is 4.85. The molecule has 36 heavy (non-hydrogen) atoms. The van der Waals surface area contributed by atoms with Gasteiger partial charge < -0.3 is 19.9 Å². The van der Waals surface area contributed by atoms with Gasteiger partial charge in [0, 0.05) is 26.1 Å². The van der Waals surface area contributed by atoms with Crippen LogP contribution < -0.4 is 5.32 Å². The number of aryl methyl sites for hydroxylation is 1. The number of aliphatic hydroxyl groups excluding tert-OH is 1. The number of carbonyl (C=O) groups is 2. The van der Waals surface area contributed by atoms with Crippen LogP contribution in [0.3, 0.4) is 0 Å². The van der Waals surface area contributed by atoms with Gasteiger partial charge in [-0.15, -0.1) is 10.2 Å². The van der Waals surface area contributed by atoms with Crippen molar-refractivity contribution in [3.05, 3.63) is 58.7 Å². The summed E-state index contributed by atoms with van der Waals surface area (Å²) in [6, 6.07) is 8.03. The zero-order valence-corrected chi connectivity index (χ0v) is 20.4. The lowest BCUT2D eigenvalue weighted by atomic mass is 9.95. The Kier molecular flexibility index (Phi) is 6.53. The van der Waals surface area contributed by atoms with Gasteiger partial charge in [0.05, 0.1) is 5.56 Å². The molecule has 2 aromatic heterocycles. The Hall–Kier alpha value is -3.66. The van der Waals surface area contributed by atoms with E-state index in [0.29, 0.717) is 36.5 Å². The average molecular weight is 493 g/mol. The molecule has 0 aliphatic carbocycles. The third-order valence-corrected chi connectivity index (χ3v) is 6.67. The summed E-state index contributed by atoms with van der Waals surface area (Å²) >= 11 is 0. The lowest BCUT2D eigenvalue weighted by Gasteiger charge is -2.31. The van der Waals surface area contributed by atoms with E-state index in [4.69, 9.17) is 0 Å². The summed E-state index contributed by atoms with van der Waals surface area (Å²) in [5.41, 5.74) is 1.90. The minimum absolute atomic E-state index is 0.124. The normalized spacial score (nSPS) is 15.5. The van der Waals surface area contributed by atoms with Crippen molar-refractivity contribution < 1.29 is 19.1 Å². The van der Waals surface area contributed by atoms with Crippen molar-refractivity contribution in [2.45, 2.75) is 58.7 Å². The van der Waals surface area contributed by atoms with Crippen molar-refractivity contribution in [2.75, 3.05) is 11.9 Å². The van der Waals surface area contributed by atoms with Gasteiger partial charge in [-0.2, -0.15) is 0 Å². The monoisotopic (exact) mass is 492 g/mol. The molecule has 0 spiro atoms. The van der Waals surface area contributed by atoms with Crippen LogP contribution in [0.1, 0.15) is 54.0 Å². The number of hydrogen-bond donors (Lipinski definition) is 2. The van der Waals surface area contributed by atoms with Crippen LogP contribution in [0.4, 0.5) is 10.2 Å². The van der Waals surface area contributed by atoms with Crippen LogP contribution in [0.15, 0.2) is 30.3 Å². The molecule has 188 valence electrons. The topological polar surface area (TPSA) is 113 Å². The second kappa shape index (κ2) is 9.77. The number of benzene rings is 1. The van der Waals surface area contributed by atoms with E-state index >= 15 is 0 Å². The van der Waals surface area contributed by atoms with Crippen LogP contribution in [-0.2, 0) is 30.7 Å². The number of carbonyl (C=O) groups excluding carboxylic acids is 2. The first-order chi connectivity index (χ1) is 17.3. The summed E-state index contributed by atoms with van der Waals surface area (Å²) in [5.74, 6) is 0.420. The number of nitrogens with one attached hydrogen (secondary N) is 1. The van der Waals surface area contributed by atoms with Gasteiger partial charge in [0.15, 0.2) is 5.82 Å². The predicted octanol–water partition coefficient (Wildman–Crippen LogP) is 2.97. The largest absolute Gasteiger partial charge is 0.383 e. The number of anilines is 1. The zero-order valence-electron chi connectivity index (χ0n) is 20.4. The van der Waals surface area contributed by atoms with Gasteiger partial charge in [-0.25, -0.2) is 9.37 Å². The maximum absolute atomic E-state index is 14.9. The smallest absolute Gasteiger partial charge is 0.259 e. The molecule has 1 aromatic carbocycles.